The lowest BCUT2D eigenvalue weighted by Gasteiger charge is -2.28. The molecule has 0 fully saturated rings. The summed E-state index contributed by atoms with van der Waals surface area (Å²) in [4.78, 5) is 12.7. The van der Waals surface area contributed by atoms with Crippen LogP contribution in [-0.2, 0) is 14.8 Å². The molecular weight excluding hydrogens is 420 g/mol. The number of aryl methyl sites for hydroxylation is 2. The third-order valence-electron chi connectivity index (χ3n) is 4.58. The molecule has 2 rings (SSSR count). The highest BCUT2D eigenvalue weighted by molar-refractivity contribution is 7.92. The Bertz CT molecular complexity index is 1000. The van der Waals surface area contributed by atoms with Gasteiger partial charge in [-0.25, -0.2) is 8.42 Å². The van der Waals surface area contributed by atoms with Crippen molar-refractivity contribution in [1.82, 2.24) is 5.32 Å². The van der Waals surface area contributed by atoms with Gasteiger partial charge in [0, 0.05) is 6.07 Å². The van der Waals surface area contributed by atoms with E-state index in [1.807, 2.05) is 32.0 Å². The van der Waals surface area contributed by atoms with Crippen LogP contribution in [0.1, 0.15) is 18.1 Å². The van der Waals surface area contributed by atoms with Gasteiger partial charge in [-0.1, -0.05) is 6.07 Å². The average molecular weight is 451 g/mol. The summed E-state index contributed by atoms with van der Waals surface area (Å²) in [5.41, 5.74) is 2.48. The maximum atomic E-state index is 12.7. The number of nitrogens with one attached hydrogen (secondary N) is 1. The van der Waals surface area contributed by atoms with Gasteiger partial charge in [0.1, 0.15) is 18.4 Å². The second-order valence-electron chi connectivity index (χ2n) is 7.24. The minimum Gasteiger partial charge on any atom is -0.493 e. The van der Waals surface area contributed by atoms with Crippen LogP contribution in [0.3, 0.4) is 0 Å². The lowest BCUT2D eigenvalue weighted by atomic mass is 10.1. The van der Waals surface area contributed by atoms with E-state index in [1.165, 1.54) is 27.2 Å². The number of hydrogen-bond donors (Lipinski definition) is 1. The Morgan fingerprint density at radius 1 is 1.03 bits per heavy atom. The molecule has 0 heterocycles. The molecule has 8 nitrogen and oxygen atoms in total. The number of rotatable bonds is 10. The highest BCUT2D eigenvalue weighted by Crippen LogP contribution is 2.33. The van der Waals surface area contributed by atoms with Gasteiger partial charge in [-0.3, -0.25) is 9.10 Å². The minimum atomic E-state index is -3.75. The first-order chi connectivity index (χ1) is 14.6. The molecule has 0 bridgehead atoms. The Morgan fingerprint density at radius 3 is 2.19 bits per heavy atom. The van der Waals surface area contributed by atoms with E-state index in [0.29, 0.717) is 17.2 Å². The summed E-state index contributed by atoms with van der Waals surface area (Å²) in [6.07, 6.45) is 1.05. The Morgan fingerprint density at radius 2 is 1.65 bits per heavy atom. The van der Waals surface area contributed by atoms with Crippen LogP contribution in [0.4, 0.5) is 5.69 Å². The molecule has 1 N–H and O–H groups in total. The number of carbonyl (C=O) groups excluding carboxylic acids is 1. The van der Waals surface area contributed by atoms with Gasteiger partial charge in [-0.15, -0.1) is 0 Å². The van der Waals surface area contributed by atoms with Gasteiger partial charge >= 0.3 is 0 Å². The lowest BCUT2D eigenvalue weighted by molar-refractivity contribution is -0.121. The Kier molecular flexibility index (Phi) is 8.15. The number of nitrogens with zero attached hydrogens (tertiary/aromatic N) is 1. The van der Waals surface area contributed by atoms with Crippen molar-refractivity contribution in [3.8, 4) is 17.2 Å². The zero-order chi connectivity index (χ0) is 23.2. The molecule has 2 aromatic carbocycles. The van der Waals surface area contributed by atoms with Gasteiger partial charge in [-0.05, 0) is 56.2 Å². The SMILES string of the molecule is COc1ccc(N([C@@H](C)C(=O)NCCOc2cc(C)cc(C)c2)S(C)(=O)=O)cc1OC. The van der Waals surface area contributed by atoms with E-state index in [2.05, 4.69) is 5.32 Å². The summed E-state index contributed by atoms with van der Waals surface area (Å²) in [6.45, 7) is 5.99. The molecule has 0 radical (unpaired) electrons. The molecule has 0 aliphatic heterocycles. The predicted molar refractivity (Wildman–Crippen MR) is 121 cm³/mol. The molecule has 0 aliphatic carbocycles. The molecule has 31 heavy (non-hydrogen) atoms. The maximum absolute atomic E-state index is 12.7. The molecule has 0 aliphatic rings. The van der Waals surface area contributed by atoms with Crippen molar-refractivity contribution in [2.45, 2.75) is 26.8 Å². The normalized spacial score (nSPS) is 12.1. The van der Waals surface area contributed by atoms with Crippen LogP contribution < -0.4 is 23.8 Å². The van der Waals surface area contributed by atoms with Crippen LogP contribution in [0.2, 0.25) is 0 Å². The van der Waals surface area contributed by atoms with Crippen LogP contribution in [0.15, 0.2) is 36.4 Å². The number of ether oxygens (including phenoxy) is 3. The summed E-state index contributed by atoms with van der Waals surface area (Å²) in [6, 6.07) is 9.58. The molecule has 0 saturated heterocycles. The zero-order valence-corrected chi connectivity index (χ0v) is 19.6. The first kappa shape index (κ1) is 24.3. The quantitative estimate of drug-likeness (QED) is 0.560. The van der Waals surface area contributed by atoms with Gasteiger partial charge in [0.2, 0.25) is 15.9 Å². The number of methoxy groups -OCH3 is 2. The third kappa shape index (κ3) is 6.52. The van der Waals surface area contributed by atoms with Crippen LogP contribution in [0.25, 0.3) is 0 Å². The fraction of sp³-hybridized carbons (Fsp3) is 0.409. The lowest BCUT2D eigenvalue weighted by Crippen LogP contribution is -2.48. The average Bonchev–Trinajstić information content (AvgIpc) is 2.69. The van der Waals surface area contributed by atoms with Gasteiger partial charge in [0.25, 0.3) is 0 Å². The Balaban J connectivity index is 2.07. The van der Waals surface area contributed by atoms with E-state index < -0.39 is 22.0 Å². The summed E-state index contributed by atoms with van der Waals surface area (Å²) >= 11 is 0. The number of amides is 1. The number of anilines is 1. The predicted octanol–water partition coefficient (Wildman–Crippen LogP) is 2.67. The van der Waals surface area contributed by atoms with E-state index in [0.717, 1.165) is 27.4 Å². The number of benzene rings is 2. The molecule has 1 atom stereocenters. The second kappa shape index (κ2) is 10.4. The zero-order valence-electron chi connectivity index (χ0n) is 18.8. The molecule has 0 aromatic heterocycles. The van der Waals surface area contributed by atoms with Gasteiger partial charge in [0.15, 0.2) is 11.5 Å². The van der Waals surface area contributed by atoms with Gasteiger partial charge in [-0.2, -0.15) is 0 Å². The van der Waals surface area contributed by atoms with Crippen LogP contribution >= 0.6 is 0 Å². The third-order valence-corrected chi connectivity index (χ3v) is 5.82. The summed E-state index contributed by atoms with van der Waals surface area (Å²) in [5.74, 6) is 1.11. The van der Waals surface area contributed by atoms with Crippen molar-refractivity contribution in [2.75, 3.05) is 37.9 Å². The van der Waals surface area contributed by atoms with Crippen LogP contribution in [0.5, 0.6) is 17.2 Å². The van der Waals surface area contributed by atoms with Gasteiger partial charge in [0.05, 0.1) is 32.7 Å². The fourth-order valence-corrected chi connectivity index (χ4v) is 4.44. The largest absolute Gasteiger partial charge is 0.493 e. The van der Waals surface area contributed by atoms with Crippen LogP contribution in [0, 0.1) is 13.8 Å². The van der Waals surface area contributed by atoms with E-state index in [4.69, 9.17) is 14.2 Å². The fourth-order valence-electron chi connectivity index (χ4n) is 3.28. The molecule has 170 valence electrons. The van der Waals surface area contributed by atoms with Crippen molar-refractivity contribution in [3.05, 3.63) is 47.5 Å². The minimum absolute atomic E-state index is 0.236. The highest BCUT2D eigenvalue weighted by atomic mass is 32.2. The van der Waals surface area contributed by atoms with Crippen molar-refractivity contribution in [2.24, 2.45) is 0 Å². The summed E-state index contributed by atoms with van der Waals surface area (Å²) in [7, 11) is -0.800. The standard InChI is InChI=1S/C22H30N2O6S/c1-15-11-16(2)13-19(12-15)30-10-9-23-22(25)17(3)24(31(6,26)27)18-7-8-20(28-4)21(14-18)29-5/h7-8,11-14,17H,9-10H2,1-6H3,(H,23,25)/t17-/m0/s1. The van der Waals surface area contributed by atoms with Crippen molar-refractivity contribution < 1.29 is 27.4 Å². The van der Waals surface area contributed by atoms with E-state index >= 15 is 0 Å². The summed E-state index contributed by atoms with van der Waals surface area (Å²) < 4.78 is 42.1. The topological polar surface area (TPSA) is 94.2 Å². The molecule has 0 unspecified atom stereocenters. The van der Waals surface area contributed by atoms with E-state index in [9.17, 15) is 13.2 Å². The molecule has 1 amide bonds. The smallest absolute Gasteiger partial charge is 0.243 e. The molecule has 9 heteroatoms. The first-order valence-corrected chi connectivity index (χ1v) is 11.6. The maximum Gasteiger partial charge on any atom is 0.243 e. The Labute approximate surface area is 184 Å². The molecule has 0 saturated carbocycles. The highest BCUT2D eigenvalue weighted by Gasteiger charge is 2.29. The van der Waals surface area contributed by atoms with E-state index in [1.54, 1.807) is 12.1 Å². The second-order valence-corrected chi connectivity index (χ2v) is 9.10. The molecular formula is C22H30N2O6S. The Hall–Kier alpha value is -2.94. The number of sulfonamides is 1. The monoisotopic (exact) mass is 450 g/mol. The number of carbonyl (C=O) groups is 1. The van der Waals surface area contributed by atoms with Crippen molar-refractivity contribution in [1.29, 1.82) is 0 Å². The first-order valence-electron chi connectivity index (χ1n) is 9.77. The van der Waals surface area contributed by atoms with Gasteiger partial charge < -0.3 is 19.5 Å². The van der Waals surface area contributed by atoms with Crippen molar-refractivity contribution in [3.63, 3.8) is 0 Å². The molecule has 0 spiro atoms. The van der Waals surface area contributed by atoms with Crippen LogP contribution in [-0.4, -0.2) is 54.0 Å². The van der Waals surface area contributed by atoms with Crippen molar-refractivity contribution >= 4 is 21.6 Å². The van der Waals surface area contributed by atoms with E-state index in [-0.39, 0.29) is 13.2 Å². The summed E-state index contributed by atoms with van der Waals surface area (Å²) in [5, 5.41) is 2.73. The number of hydrogen-bond acceptors (Lipinski definition) is 6. The molecule has 2 aromatic rings.